The molecule has 1 nitrogen and oxygen atoms in total. The van der Waals surface area contributed by atoms with Crippen LogP contribution in [0.3, 0.4) is 0 Å². The highest BCUT2D eigenvalue weighted by atomic mass is 28.3. The van der Waals surface area contributed by atoms with Gasteiger partial charge in [0.25, 0.3) is 0 Å². The van der Waals surface area contributed by atoms with Gasteiger partial charge in [0.2, 0.25) is 0 Å². The Bertz CT molecular complexity index is 169. The van der Waals surface area contributed by atoms with Gasteiger partial charge >= 0.3 is 0 Å². The molecule has 2 aliphatic heterocycles. The van der Waals surface area contributed by atoms with Crippen molar-refractivity contribution in [2.24, 2.45) is 0 Å². The Hall–Kier alpha value is 0.177. The molecule has 2 bridgehead atoms. The molecule has 2 saturated heterocycles. The molecule has 2 rings (SSSR count). The van der Waals surface area contributed by atoms with Crippen LogP contribution in [0.4, 0.5) is 0 Å². The van der Waals surface area contributed by atoms with E-state index < -0.39 is 8.07 Å². The zero-order valence-corrected chi connectivity index (χ0v) is 10.3. The van der Waals surface area contributed by atoms with Crippen molar-refractivity contribution in [3.05, 3.63) is 0 Å². The van der Waals surface area contributed by atoms with Crippen molar-refractivity contribution in [3.8, 4) is 0 Å². The molecule has 0 aromatic carbocycles. The predicted octanol–water partition coefficient (Wildman–Crippen LogP) is 2.88. The molecule has 2 heterocycles. The van der Waals surface area contributed by atoms with Gasteiger partial charge in [0.1, 0.15) is 0 Å². The van der Waals surface area contributed by atoms with Crippen LogP contribution in [0.2, 0.25) is 19.6 Å². The summed E-state index contributed by atoms with van der Waals surface area (Å²) in [4.78, 5) is 2.86. The summed E-state index contributed by atoms with van der Waals surface area (Å²) < 4.78 is 0. The first-order valence-electron chi connectivity index (χ1n) is 5.82. The topological polar surface area (TPSA) is 3.24 Å². The van der Waals surface area contributed by atoms with Crippen molar-refractivity contribution in [3.63, 3.8) is 0 Å². The molecule has 0 saturated carbocycles. The second-order valence-corrected chi connectivity index (χ2v) is 11.5. The minimum atomic E-state index is -0.862. The molecule has 0 radical (unpaired) electrons. The van der Waals surface area contributed by atoms with Crippen LogP contribution in [-0.2, 0) is 0 Å². The van der Waals surface area contributed by atoms with Crippen LogP contribution in [0.15, 0.2) is 0 Å². The molecule has 2 unspecified atom stereocenters. The third kappa shape index (κ3) is 2.16. The highest BCUT2D eigenvalue weighted by Crippen LogP contribution is 2.35. The molecular weight excluding hydrogens is 174 g/mol. The van der Waals surface area contributed by atoms with Crippen molar-refractivity contribution in [1.29, 1.82) is 0 Å². The van der Waals surface area contributed by atoms with E-state index in [1.54, 1.807) is 0 Å². The highest BCUT2D eigenvalue weighted by molar-refractivity contribution is 6.76. The zero-order valence-electron chi connectivity index (χ0n) is 9.34. The first-order chi connectivity index (χ1) is 6.06. The van der Waals surface area contributed by atoms with E-state index in [2.05, 4.69) is 24.5 Å². The molecule has 0 aromatic heterocycles. The van der Waals surface area contributed by atoms with E-state index in [1.165, 1.54) is 38.3 Å². The third-order valence-corrected chi connectivity index (χ3v) is 4.82. The average Bonchev–Trinajstić information content (AvgIpc) is 2.29. The van der Waals surface area contributed by atoms with Crippen LogP contribution in [0.25, 0.3) is 0 Å². The summed E-state index contributed by atoms with van der Waals surface area (Å²) in [6.45, 7) is 7.50. The number of rotatable bonds is 2. The summed E-state index contributed by atoms with van der Waals surface area (Å²) in [5, 5.41) is 0. The van der Waals surface area contributed by atoms with Crippen molar-refractivity contribution >= 4 is 8.07 Å². The van der Waals surface area contributed by atoms with Crippen LogP contribution < -0.4 is 0 Å². The van der Waals surface area contributed by atoms with E-state index >= 15 is 0 Å². The Balaban J connectivity index is 1.99. The molecule has 2 fully saturated rings. The molecular formula is C11H23NSi. The molecule has 76 valence electrons. The summed E-state index contributed by atoms with van der Waals surface area (Å²) >= 11 is 0. The third-order valence-electron chi connectivity index (χ3n) is 3.50. The largest absolute Gasteiger partial charge is 0.300 e. The molecule has 0 amide bonds. The second kappa shape index (κ2) is 3.39. The van der Waals surface area contributed by atoms with Gasteiger partial charge in [-0.15, -0.1) is 0 Å². The lowest BCUT2D eigenvalue weighted by atomic mass is 10.0. The van der Waals surface area contributed by atoms with E-state index in [0.29, 0.717) is 0 Å². The minimum Gasteiger partial charge on any atom is -0.300 e. The molecule has 2 aliphatic rings. The average molecular weight is 197 g/mol. The van der Waals surface area contributed by atoms with Gasteiger partial charge in [-0.3, -0.25) is 0 Å². The summed E-state index contributed by atoms with van der Waals surface area (Å²) in [6, 6.07) is 1.95. The standard InChI is InChI=1S/C11H23NSi/c1-13(2,3)9-12-10-5-4-6-11(12)8-7-10/h10-11H,4-9H2,1-3H3. The summed E-state index contributed by atoms with van der Waals surface area (Å²) in [5.41, 5.74) is 0. The van der Waals surface area contributed by atoms with Gasteiger partial charge in [-0.2, -0.15) is 0 Å². The molecule has 0 spiro atoms. The molecule has 0 aliphatic carbocycles. The maximum Gasteiger partial charge on any atom is 0.0599 e. The van der Waals surface area contributed by atoms with Gasteiger partial charge in [-0.25, -0.2) is 0 Å². The van der Waals surface area contributed by atoms with Crippen molar-refractivity contribution in [1.82, 2.24) is 4.90 Å². The van der Waals surface area contributed by atoms with Crippen LogP contribution >= 0.6 is 0 Å². The fourth-order valence-corrected chi connectivity index (χ4v) is 4.64. The van der Waals surface area contributed by atoms with Gasteiger partial charge in [0.15, 0.2) is 0 Å². The Kier molecular flexibility index (Phi) is 2.54. The number of hydrogen-bond acceptors (Lipinski definition) is 1. The molecule has 13 heavy (non-hydrogen) atoms. The first kappa shape index (κ1) is 9.72. The maximum absolute atomic E-state index is 2.86. The van der Waals surface area contributed by atoms with E-state index in [0.717, 1.165) is 12.1 Å². The molecule has 2 heteroatoms. The maximum atomic E-state index is 2.86. The summed E-state index contributed by atoms with van der Waals surface area (Å²) in [7, 11) is -0.862. The Morgan fingerprint density at radius 1 is 1.00 bits per heavy atom. The Labute approximate surface area is 83.5 Å². The lowest BCUT2D eigenvalue weighted by Crippen LogP contribution is -2.48. The van der Waals surface area contributed by atoms with Crippen molar-refractivity contribution in [2.75, 3.05) is 6.17 Å². The van der Waals surface area contributed by atoms with Gasteiger partial charge in [-0.05, 0) is 31.9 Å². The number of nitrogens with zero attached hydrogens (tertiary/aromatic N) is 1. The lowest BCUT2D eigenvalue weighted by molar-refractivity contribution is 0.164. The van der Waals surface area contributed by atoms with E-state index in [4.69, 9.17) is 0 Å². The highest BCUT2D eigenvalue weighted by Gasteiger charge is 2.38. The quantitative estimate of drug-likeness (QED) is 0.615. The fourth-order valence-electron chi connectivity index (χ4n) is 3.03. The molecule has 2 atom stereocenters. The van der Waals surface area contributed by atoms with Crippen LogP contribution in [0.1, 0.15) is 32.1 Å². The normalized spacial score (nSPS) is 35.3. The van der Waals surface area contributed by atoms with Gasteiger partial charge in [-0.1, -0.05) is 26.1 Å². The van der Waals surface area contributed by atoms with Crippen LogP contribution in [0, 0.1) is 0 Å². The number of piperidine rings is 1. The van der Waals surface area contributed by atoms with Crippen LogP contribution in [0.5, 0.6) is 0 Å². The SMILES string of the molecule is C[Si](C)(C)CN1C2CCCC1CC2. The smallest absolute Gasteiger partial charge is 0.0599 e. The molecule has 0 N–H and O–H groups in total. The van der Waals surface area contributed by atoms with Gasteiger partial charge in [0, 0.05) is 12.1 Å². The monoisotopic (exact) mass is 197 g/mol. The Morgan fingerprint density at radius 2 is 1.54 bits per heavy atom. The Morgan fingerprint density at radius 3 is 2.00 bits per heavy atom. The van der Waals surface area contributed by atoms with Crippen molar-refractivity contribution in [2.45, 2.75) is 63.8 Å². The second-order valence-electron chi connectivity index (χ2n) is 6.05. The summed E-state index contributed by atoms with van der Waals surface area (Å²) in [6.07, 6.45) is 8.91. The van der Waals surface area contributed by atoms with E-state index in [1.807, 2.05) is 0 Å². The van der Waals surface area contributed by atoms with Gasteiger partial charge in [0.05, 0.1) is 8.07 Å². The van der Waals surface area contributed by atoms with Gasteiger partial charge < -0.3 is 4.90 Å². The molecule has 0 aromatic rings. The summed E-state index contributed by atoms with van der Waals surface area (Å²) in [5.74, 6) is 0. The predicted molar refractivity (Wildman–Crippen MR) is 60.7 cm³/mol. The fraction of sp³-hybridized carbons (Fsp3) is 1.00. The zero-order chi connectivity index (χ0) is 9.47. The van der Waals surface area contributed by atoms with Crippen molar-refractivity contribution < 1.29 is 0 Å². The number of fused-ring (bicyclic) bond motifs is 2. The lowest BCUT2D eigenvalue weighted by Gasteiger charge is -2.38. The number of hydrogen-bond donors (Lipinski definition) is 0. The van der Waals surface area contributed by atoms with Crippen LogP contribution in [-0.4, -0.2) is 31.2 Å². The van der Waals surface area contributed by atoms with E-state index in [9.17, 15) is 0 Å². The first-order valence-corrected chi connectivity index (χ1v) is 9.53. The van der Waals surface area contributed by atoms with E-state index in [-0.39, 0.29) is 0 Å². The minimum absolute atomic E-state index is 0.862.